The van der Waals surface area contributed by atoms with Gasteiger partial charge in [-0.1, -0.05) is 6.07 Å². The summed E-state index contributed by atoms with van der Waals surface area (Å²) in [4.78, 5) is 14.1. The molecule has 0 aliphatic rings. The van der Waals surface area contributed by atoms with Gasteiger partial charge in [-0.2, -0.15) is 0 Å². The highest BCUT2D eigenvalue weighted by Crippen LogP contribution is 2.30. The molecular formula is C13H15NO3S2. The van der Waals surface area contributed by atoms with Crippen molar-refractivity contribution < 1.29 is 14.6 Å². The van der Waals surface area contributed by atoms with Gasteiger partial charge in [-0.3, -0.25) is 4.79 Å². The van der Waals surface area contributed by atoms with Crippen LogP contribution in [0.25, 0.3) is 0 Å². The number of ether oxygens (including phenoxy) is 1. The molecule has 2 rings (SSSR count). The Hall–Kier alpha value is -1.21. The Bertz CT molecular complexity index is 522. The van der Waals surface area contributed by atoms with E-state index in [2.05, 4.69) is 5.32 Å². The van der Waals surface area contributed by atoms with Crippen LogP contribution in [0.3, 0.4) is 0 Å². The molecule has 0 fully saturated rings. The average Bonchev–Trinajstić information content (AvgIpc) is 3.07. The number of methoxy groups -OCH3 is 1. The van der Waals surface area contributed by atoms with Crippen LogP contribution >= 0.6 is 22.7 Å². The molecule has 2 aromatic rings. The summed E-state index contributed by atoms with van der Waals surface area (Å²) >= 11 is 3.03. The lowest BCUT2D eigenvalue weighted by atomic mass is 10.2. The SMILES string of the molecule is COCC(=O)NCc1ccc(C(O)c2cccs2)s1. The van der Waals surface area contributed by atoms with Crippen molar-refractivity contribution in [1.29, 1.82) is 0 Å². The number of aliphatic hydroxyl groups is 1. The summed E-state index contributed by atoms with van der Waals surface area (Å²) in [6.07, 6.45) is -0.576. The highest BCUT2D eigenvalue weighted by Gasteiger charge is 2.14. The van der Waals surface area contributed by atoms with E-state index in [0.717, 1.165) is 14.6 Å². The van der Waals surface area contributed by atoms with E-state index >= 15 is 0 Å². The van der Waals surface area contributed by atoms with Crippen LogP contribution in [-0.2, 0) is 16.1 Å². The quantitative estimate of drug-likeness (QED) is 0.859. The highest BCUT2D eigenvalue weighted by atomic mass is 32.1. The van der Waals surface area contributed by atoms with Crippen LogP contribution < -0.4 is 5.32 Å². The van der Waals surface area contributed by atoms with Crippen LogP contribution in [0.1, 0.15) is 20.7 Å². The number of amides is 1. The summed E-state index contributed by atoms with van der Waals surface area (Å²) in [5, 5.41) is 14.9. The van der Waals surface area contributed by atoms with Gasteiger partial charge in [-0.05, 0) is 23.6 Å². The summed E-state index contributed by atoms with van der Waals surface area (Å²) in [7, 11) is 1.49. The third kappa shape index (κ3) is 3.87. The van der Waals surface area contributed by atoms with Gasteiger partial charge in [-0.25, -0.2) is 0 Å². The van der Waals surface area contributed by atoms with Crippen LogP contribution in [-0.4, -0.2) is 24.7 Å². The number of rotatable bonds is 6. The molecule has 0 spiro atoms. The fraction of sp³-hybridized carbons (Fsp3) is 0.308. The molecule has 2 aromatic heterocycles. The van der Waals surface area contributed by atoms with E-state index in [1.807, 2.05) is 29.6 Å². The van der Waals surface area contributed by atoms with Gasteiger partial charge in [0.1, 0.15) is 12.7 Å². The van der Waals surface area contributed by atoms with Gasteiger partial charge in [0.2, 0.25) is 5.91 Å². The molecule has 102 valence electrons. The van der Waals surface area contributed by atoms with Crippen LogP contribution in [0.15, 0.2) is 29.6 Å². The molecule has 2 heterocycles. The zero-order valence-corrected chi connectivity index (χ0v) is 12.1. The van der Waals surface area contributed by atoms with Crippen LogP contribution in [0.4, 0.5) is 0 Å². The summed E-state index contributed by atoms with van der Waals surface area (Å²) < 4.78 is 4.74. The van der Waals surface area contributed by atoms with E-state index in [1.54, 1.807) is 0 Å². The Kier molecular flexibility index (Phi) is 5.09. The van der Waals surface area contributed by atoms with Gasteiger partial charge in [-0.15, -0.1) is 22.7 Å². The number of thiophene rings is 2. The summed E-state index contributed by atoms with van der Waals surface area (Å²) in [5.74, 6) is -0.142. The lowest BCUT2D eigenvalue weighted by molar-refractivity contribution is -0.124. The molecule has 2 N–H and O–H groups in total. The van der Waals surface area contributed by atoms with Crippen LogP contribution in [0, 0.1) is 0 Å². The molecule has 0 saturated carbocycles. The van der Waals surface area contributed by atoms with Crippen molar-refractivity contribution in [3.05, 3.63) is 44.3 Å². The van der Waals surface area contributed by atoms with E-state index in [-0.39, 0.29) is 12.5 Å². The van der Waals surface area contributed by atoms with Crippen molar-refractivity contribution in [3.63, 3.8) is 0 Å². The molecule has 0 saturated heterocycles. The van der Waals surface area contributed by atoms with Gasteiger partial charge in [0.25, 0.3) is 0 Å². The first-order chi connectivity index (χ1) is 9.20. The molecule has 4 nitrogen and oxygen atoms in total. The van der Waals surface area contributed by atoms with Gasteiger partial charge in [0.05, 0.1) is 6.54 Å². The van der Waals surface area contributed by atoms with Crippen molar-refractivity contribution in [2.24, 2.45) is 0 Å². The Labute approximate surface area is 119 Å². The van der Waals surface area contributed by atoms with Crippen LogP contribution in [0.5, 0.6) is 0 Å². The number of carbonyl (C=O) groups is 1. The van der Waals surface area contributed by atoms with Crippen molar-refractivity contribution in [2.75, 3.05) is 13.7 Å². The summed E-state index contributed by atoms with van der Waals surface area (Å²) in [5.41, 5.74) is 0. The second-order valence-corrected chi connectivity index (χ2v) is 6.11. The average molecular weight is 297 g/mol. The Balaban J connectivity index is 1.94. The van der Waals surface area contributed by atoms with Crippen molar-refractivity contribution >= 4 is 28.6 Å². The minimum Gasteiger partial charge on any atom is -0.382 e. The lowest BCUT2D eigenvalue weighted by Crippen LogP contribution is -2.26. The third-order valence-corrected chi connectivity index (χ3v) is 4.56. The second kappa shape index (κ2) is 6.81. The maximum Gasteiger partial charge on any atom is 0.246 e. The number of hydrogen-bond acceptors (Lipinski definition) is 5. The molecular weight excluding hydrogens is 282 g/mol. The number of nitrogens with one attached hydrogen (secondary N) is 1. The van der Waals surface area contributed by atoms with Gasteiger partial charge >= 0.3 is 0 Å². The van der Waals surface area contributed by atoms with E-state index in [0.29, 0.717) is 6.54 Å². The number of hydrogen-bond donors (Lipinski definition) is 2. The fourth-order valence-corrected chi connectivity index (χ4v) is 3.35. The maximum absolute atomic E-state index is 11.3. The minimum atomic E-state index is -0.576. The molecule has 0 aliphatic carbocycles. The van der Waals surface area contributed by atoms with Crippen molar-refractivity contribution in [3.8, 4) is 0 Å². The second-order valence-electron chi connectivity index (χ2n) is 3.93. The first kappa shape index (κ1) is 14.2. The first-order valence-electron chi connectivity index (χ1n) is 5.76. The fourth-order valence-electron chi connectivity index (χ4n) is 1.59. The van der Waals surface area contributed by atoms with E-state index in [1.165, 1.54) is 29.8 Å². The molecule has 6 heteroatoms. The third-order valence-electron chi connectivity index (χ3n) is 2.50. The largest absolute Gasteiger partial charge is 0.382 e. The number of aliphatic hydroxyl groups excluding tert-OH is 1. The maximum atomic E-state index is 11.3. The first-order valence-corrected chi connectivity index (χ1v) is 7.46. The molecule has 19 heavy (non-hydrogen) atoms. The van der Waals surface area contributed by atoms with E-state index < -0.39 is 6.10 Å². The molecule has 0 aliphatic heterocycles. The highest BCUT2D eigenvalue weighted by molar-refractivity contribution is 7.12. The Morgan fingerprint density at radius 3 is 2.95 bits per heavy atom. The predicted octanol–water partition coefficient (Wildman–Crippen LogP) is 2.15. The topological polar surface area (TPSA) is 58.6 Å². The summed E-state index contributed by atoms with van der Waals surface area (Å²) in [6, 6.07) is 7.65. The lowest BCUT2D eigenvalue weighted by Gasteiger charge is -2.05. The van der Waals surface area contributed by atoms with Gasteiger partial charge in [0, 0.05) is 21.7 Å². The Morgan fingerprint density at radius 2 is 2.26 bits per heavy atom. The predicted molar refractivity (Wildman–Crippen MR) is 76.4 cm³/mol. The minimum absolute atomic E-state index is 0.0655. The van der Waals surface area contributed by atoms with Crippen molar-refractivity contribution in [1.82, 2.24) is 5.32 Å². The standard InChI is InChI=1S/C13H15NO3S2/c1-17-8-12(15)14-7-9-4-5-11(19-9)13(16)10-3-2-6-18-10/h2-6,13,16H,7-8H2,1H3,(H,14,15). The van der Waals surface area contributed by atoms with Gasteiger partial charge < -0.3 is 15.2 Å². The summed E-state index contributed by atoms with van der Waals surface area (Å²) in [6.45, 7) is 0.528. The molecule has 0 radical (unpaired) electrons. The number of carbonyl (C=O) groups excluding carboxylic acids is 1. The normalized spacial score (nSPS) is 12.3. The molecule has 0 bridgehead atoms. The van der Waals surface area contributed by atoms with E-state index in [9.17, 15) is 9.90 Å². The Morgan fingerprint density at radius 1 is 1.42 bits per heavy atom. The molecule has 1 atom stereocenters. The van der Waals surface area contributed by atoms with E-state index in [4.69, 9.17) is 4.74 Å². The van der Waals surface area contributed by atoms with Crippen molar-refractivity contribution in [2.45, 2.75) is 12.6 Å². The van der Waals surface area contributed by atoms with Crippen LogP contribution in [0.2, 0.25) is 0 Å². The zero-order chi connectivity index (χ0) is 13.7. The van der Waals surface area contributed by atoms with Gasteiger partial charge in [0.15, 0.2) is 0 Å². The molecule has 1 unspecified atom stereocenters. The zero-order valence-electron chi connectivity index (χ0n) is 10.5. The smallest absolute Gasteiger partial charge is 0.246 e. The molecule has 0 aromatic carbocycles. The molecule has 1 amide bonds. The monoisotopic (exact) mass is 297 g/mol.